The molecule has 1 N–H and O–H groups in total. The Hall–Kier alpha value is -2.04. The Labute approximate surface area is 157 Å². The van der Waals surface area contributed by atoms with Crippen LogP contribution in [0.4, 0.5) is 0 Å². The second-order valence-corrected chi connectivity index (χ2v) is 6.78. The molecule has 1 fully saturated rings. The minimum absolute atomic E-state index is 0.542. The molecule has 2 aromatic rings. The Kier molecular flexibility index (Phi) is 6.92. The Morgan fingerprint density at radius 2 is 1.96 bits per heavy atom. The number of rotatable bonds is 9. The van der Waals surface area contributed by atoms with Gasteiger partial charge in [-0.3, -0.25) is 4.90 Å². The quantitative estimate of drug-likeness (QED) is 0.742. The third-order valence-corrected chi connectivity index (χ3v) is 5.11. The molecule has 1 saturated heterocycles. The van der Waals surface area contributed by atoms with Crippen molar-refractivity contribution in [3.63, 3.8) is 0 Å². The molecule has 0 unspecified atom stereocenters. The predicted octanol–water partition coefficient (Wildman–Crippen LogP) is 3.85. The predicted molar refractivity (Wildman–Crippen MR) is 106 cm³/mol. The van der Waals surface area contributed by atoms with Gasteiger partial charge in [0.05, 0.1) is 7.11 Å². The van der Waals surface area contributed by atoms with Crippen molar-refractivity contribution in [2.24, 2.45) is 0 Å². The number of likely N-dealkylation sites (tertiary alicyclic amines) is 1. The fourth-order valence-corrected chi connectivity index (χ4v) is 3.67. The van der Waals surface area contributed by atoms with Crippen molar-refractivity contribution < 1.29 is 9.47 Å². The van der Waals surface area contributed by atoms with Crippen LogP contribution in [-0.2, 0) is 13.2 Å². The molecule has 3 rings (SSSR count). The molecule has 0 radical (unpaired) electrons. The molecule has 0 bridgehead atoms. The average molecular weight is 354 g/mol. The van der Waals surface area contributed by atoms with Crippen LogP contribution in [0.3, 0.4) is 0 Å². The highest BCUT2D eigenvalue weighted by Crippen LogP contribution is 2.32. The summed E-state index contributed by atoms with van der Waals surface area (Å²) in [4.78, 5) is 2.56. The largest absolute Gasteiger partial charge is 0.493 e. The van der Waals surface area contributed by atoms with E-state index in [2.05, 4.69) is 35.3 Å². The summed E-state index contributed by atoms with van der Waals surface area (Å²) in [5, 5.41) is 3.62. The van der Waals surface area contributed by atoms with E-state index in [1.165, 1.54) is 19.4 Å². The van der Waals surface area contributed by atoms with Crippen LogP contribution in [0, 0.1) is 0 Å². The van der Waals surface area contributed by atoms with Gasteiger partial charge in [0.15, 0.2) is 11.5 Å². The van der Waals surface area contributed by atoms with Gasteiger partial charge in [0, 0.05) is 24.7 Å². The maximum absolute atomic E-state index is 6.13. The molecule has 1 aliphatic rings. The molecule has 4 nitrogen and oxygen atoms in total. The van der Waals surface area contributed by atoms with Gasteiger partial charge in [-0.2, -0.15) is 0 Å². The lowest BCUT2D eigenvalue weighted by Gasteiger charge is -2.23. The smallest absolute Gasteiger partial charge is 0.166 e. The van der Waals surface area contributed by atoms with Crippen LogP contribution in [0.5, 0.6) is 11.5 Å². The Morgan fingerprint density at radius 3 is 2.73 bits per heavy atom. The van der Waals surface area contributed by atoms with Gasteiger partial charge in [-0.1, -0.05) is 49.4 Å². The molecule has 0 aromatic heterocycles. The normalized spacial score (nSPS) is 17.4. The minimum atomic E-state index is 0.542. The SMILES string of the molecule is CCN1CCC[C@H]1CNCc1cccc(OC)c1OCc1ccccc1. The number of nitrogens with one attached hydrogen (secondary N) is 1. The van der Waals surface area contributed by atoms with Crippen LogP contribution in [0.2, 0.25) is 0 Å². The van der Waals surface area contributed by atoms with Gasteiger partial charge in [0.1, 0.15) is 6.61 Å². The van der Waals surface area contributed by atoms with Crippen molar-refractivity contribution in [1.29, 1.82) is 0 Å². The molecule has 2 aromatic carbocycles. The van der Waals surface area contributed by atoms with Crippen molar-refractivity contribution in [3.8, 4) is 11.5 Å². The third-order valence-electron chi connectivity index (χ3n) is 5.11. The lowest BCUT2D eigenvalue weighted by atomic mass is 10.1. The Balaban J connectivity index is 1.62. The van der Waals surface area contributed by atoms with E-state index in [0.29, 0.717) is 12.6 Å². The maximum atomic E-state index is 6.13. The molecule has 140 valence electrons. The molecule has 0 amide bonds. The van der Waals surface area contributed by atoms with E-state index in [0.717, 1.165) is 42.3 Å². The van der Waals surface area contributed by atoms with Crippen molar-refractivity contribution >= 4 is 0 Å². The number of benzene rings is 2. The van der Waals surface area contributed by atoms with Crippen LogP contribution in [0.15, 0.2) is 48.5 Å². The molecule has 1 heterocycles. The van der Waals surface area contributed by atoms with Crippen molar-refractivity contribution in [1.82, 2.24) is 10.2 Å². The topological polar surface area (TPSA) is 33.7 Å². The lowest BCUT2D eigenvalue weighted by Crippen LogP contribution is -2.37. The molecule has 0 aliphatic carbocycles. The molecular formula is C22H30N2O2. The van der Waals surface area contributed by atoms with E-state index in [1.54, 1.807) is 7.11 Å². The van der Waals surface area contributed by atoms with Gasteiger partial charge in [0.2, 0.25) is 0 Å². The van der Waals surface area contributed by atoms with Gasteiger partial charge in [-0.25, -0.2) is 0 Å². The summed E-state index contributed by atoms with van der Waals surface area (Å²) < 4.78 is 11.7. The number of hydrogen-bond donors (Lipinski definition) is 1. The van der Waals surface area contributed by atoms with Crippen LogP contribution >= 0.6 is 0 Å². The van der Waals surface area contributed by atoms with E-state index in [9.17, 15) is 0 Å². The first-order valence-electron chi connectivity index (χ1n) is 9.59. The molecule has 1 aliphatic heterocycles. The van der Waals surface area contributed by atoms with E-state index in [1.807, 2.05) is 30.3 Å². The standard InChI is InChI=1S/C22H30N2O2/c1-3-24-14-8-12-20(24)16-23-15-19-11-7-13-21(25-2)22(19)26-17-18-9-5-4-6-10-18/h4-7,9-11,13,20,23H,3,8,12,14-17H2,1-2H3/t20-/m0/s1. The highest BCUT2D eigenvalue weighted by Gasteiger charge is 2.22. The van der Waals surface area contributed by atoms with E-state index >= 15 is 0 Å². The summed E-state index contributed by atoms with van der Waals surface area (Å²) >= 11 is 0. The summed E-state index contributed by atoms with van der Waals surface area (Å²) in [7, 11) is 1.69. The summed E-state index contributed by atoms with van der Waals surface area (Å²) in [5.74, 6) is 1.63. The minimum Gasteiger partial charge on any atom is -0.493 e. The van der Waals surface area contributed by atoms with E-state index < -0.39 is 0 Å². The molecule has 0 spiro atoms. The van der Waals surface area contributed by atoms with E-state index in [-0.39, 0.29) is 0 Å². The molecule has 1 atom stereocenters. The zero-order valence-corrected chi connectivity index (χ0v) is 15.9. The molecule has 26 heavy (non-hydrogen) atoms. The summed E-state index contributed by atoms with van der Waals surface area (Å²) in [6.07, 6.45) is 2.60. The second-order valence-electron chi connectivity index (χ2n) is 6.78. The first-order chi connectivity index (χ1) is 12.8. The highest BCUT2D eigenvalue weighted by molar-refractivity contribution is 5.46. The van der Waals surface area contributed by atoms with Crippen LogP contribution in [0.1, 0.15) is 30.9 Å². The first-order valence-corrected chi connectivity index (χ1v) is 9.59. The average Bonchev–Trinajstić information content (AvgIpc) is 3.15. The highest BCUT2D eigenvalue weighted by atomic mass is 16.5. The van der Waals surface area contributed by atoms with Crippen LogP contribution in [0.25, 0.3) is 0 Å². The lowest BCUT2D eigenvalue weighted by molar-refractivity contribution is 0.258. The van der Waals surface area contributed by atoms with Gasteiger partial charge in [-0.15, -0.1) is 0 Å². The zero-order valence-electron chi connectivity index (χ0n) is 15.9. The molecule has 0 saturated carbocycles. The maximum Gasteiger partial charge on any atom is 0.166 e. The van der Waals surface area contributed by atoms with Gasteiger partial charge < -0.3 is 14.8 Å². The summed E-state index contributed by atoms with van der Waals surface area (Å²) in [6, 6.07) is 17.0. The zero-order chi connectivity index (χ0) is 18.2. The number of methoxy groups -OCH3 is 1. The number of likely N-dealkylation sites (N-methyl/N-ethyl adjacent to an activating group) is 1. The Morgan fingerprint density at radius 1 is 1.12 bits per heavy atom. The van der Waals surface area contributed by atoms with Gasteiger partial charge in [0.25, 0.3) is 0 Å². The van der Waals surface area contributed by atoms with Crippen molar-refractivity contribution in [2.75, 3.05) is 26.7 Å². The van der Waals surface area contributed by atoms with Crippen molar-refractivity contribution in [2.45, 2.75) is 39.0 Å². The van der Waals surface area contributed by atoms with E-state index in [4.69, 9.17) is 9.47 Å². The second kappa shape index (κ2) is 9.60. The summed E-state index contributed by atoms with van der Waals surface area (Å²) in [5.41, 5.74) is 2.29. The van der Waals surface area contributed by atoms with Gasteiger partial charge >= 0.3 is 0 Å². The Bertz CT molecular complexity index is 675. The fraction of sp³-hybridized carbons (Fsp3) is 0.455. The monoisotopic (exact) mass is 354 g/mol. The first kappa shape index (κ1) is 18.7. The summed E-state index contributed by atoms with van der Waals surface area (Å²) in [6.45, 7) is 6.96. The number of nitrogens with zero attached hydrogens (tertiary/aromatic N) is 1. The number of ether oxygens (including phenoxy) is 2. The molecular weight excluding hydrogens is 324 g/mol. The van der Waals surface area contributed by atoms with Gasteiger partial charge in [-0.05, 0) is 37.6 Å². The van der Waals surface area contributed by atoms with Crippen LogP contribution in [-0.4, -0.2) is 37.7 Å². The van der Waals surface area contributed by atoms with Crippen LogP contribution < -0.4 is 14.8 Å². The molecule has 4 heteroatoms. The fourth-order valence-electron chi connectivity index (χ4n) is 3.67. The van der Waals surface area contributed by atoms with Crippen molar-refractivity contribution in [3.05, 3.63) is 59.7 Å². The third kappa shape index (κ3) is 4.77. The number of hydrogen-bond acceptors (Lipinski definition) is 4. The number of para-hydroxylation sites is 1.